The number of aromatic nitrogens is 3. The second-order valence-corrected chi connectivity index (χ2v) is 12.7. The summed E-state index contributed by atoms with van der Waals surface area (Å²) in [4.78, 5) is 15.9. The summed E-state index contributed by atoms with van der Waals surface area (Å²) in [5, 5.41) is 22.0. The van der Waals surface area contributed by atoms with E-state index in [1.807, 2.05) is 24.3 Å². The van der Waals surface area contributed by atoms with Gasteiger partial charge in [-0.05, 0) is 67.9 Å². The first-order valence-corrected chi connectivity index (χ1v) is 16.0. The molecule has 0 saturated heterocycles. The third kappa shape index (κ3) is 6.52. The molecule has 8 nitrogen and oxygen atoms in total. The van der Waals surface area contributed by atoms with Crippen LogP contribution in [0.25, 0.3) is 16.4 Å². The molecule has 0 bridgehead atoms. The Balaban J connectivity index is 0.00000353. The number of nitrogens with two attached hydrogens (primary N) is 1. The van der Waals surface area contributed by atoms with Crippen molar-refractivity contribution in [2.75, 3.05) is 0 Å². The van der Waals surface area contributed by atoms with Gasteiger partial charge in [-0.25, -0.2) is 18.9 Å². The van der Waals surface area contributed by atoms with Crippen LogP contribution in [0.5, 0.6) is 0 Å². The zero-order valence-electron chi connectivity index (χ0n) is 22.8. The lowest BCUT2D eigenvalue weighted by Crippen LogP contribution is -2.07. The van der Waals surface area contributed by atoms with Crippen LogP contribution in [0, 0.1) is 29.5 Å². The number of hydrogen-bond acceptors (Lipinski definition) is 6. The summed E-state index contributed by atoms with van der Waals surface area (Å²) in [6, 6.07) is 12.6. The first-order valence-electron chi connectivity index (χ1n) is 13.8. The molecule has 42 heavy (non-hydrogen) atoms. The highest BCUT2D eigenvalue weighted by atomic mass is 32.2. The average molecular weight is 607 g/mol. The van der Waals surface area contributed by atoms with E-state index in [0.717, 1.165) is 60.2 Å². The Hall–Kier alpha value is -3.69. The number of thiol groups is 1. The molecule has 1 unspecified atom stereocenters. The van der Waals surface area contributed by atoms with Crippen LogP contribution < -0.4 is 5.14 Å². The van der Waals surface area contributed by atoms with Gasteiger partial charge >= 0.3 is 5.97 Å². The number of halogens is 1. The summed E-state index contributed by atoms with van der Waals surface area (Å²) in [6.07, 6.45) is 8.10. The molecule has 2 saturated carbocycles. The van der Waals surface area contributed by atoms with Gasteiger partial charge in [-0.3, -0.25) is 0 Å². The molecule has 6 rings (SSSR count). The summed E-state index contributed by atoms with van der Waals surface area (Å²) in [5.74, 6) is 6.03. The van der Waals surface area contributed by atoms with Gasteiger partial charge in [0, 0.05) is 34.4 Å². The van der Waals surface area contributed by atoms with Gasteiger partial charge in [-0.2, -0.15) is 5.10 Å². The van der Waals surface area contributed by atoms with Gasteiger partial charge < -0.3 is 10.6 Å². The van der Waals surface area contributed by atoms with Crippen molar-refractivity contribution in [1.29, 1.82) is 0 Å². The molecule has 2 fully saturated rings. The van der Waals surface area contributed by atoms with Crippen LogP contribution in [-0.2, 0) is 28.0 Å². The fraction of sp³-hybridized carbons (Fsp3) is 0.323. The van der Waals surface area contributed by atoms with Crippen molar-refractivity contribution in [3.63, 3.8) is 0 Å². The highest BCUT2D eigenvalue weighted by Gasteiger charge is 2.29. The minimum atomic E-state index is -2.29. The molecule has 4 aromatic rings. The molecule has 2 aromatic heterocycles. The SMILES string of the molecule is N[SH+](=O)c1ccc(Cc2c(-c3cccc(C#CC4CCCC4)c3)nn(-c3nc(C(=O)O)cs3)c2CC2CC2)cc1F.[OH-]. The first-order chi connectivity index (χ1) is 19.9. The van der Waals surface area contributed by atoms with Crippen LogP contribution in [-0.4, -0.2) is 31.3 Å². The van der Waals surface area contributed by atoms with Gasteiger partial charge in [-0.1, -0.05) is 47.1 Å². The topological polar surface area (TPSA) is 141 Å². The monoisotopic (exact) mass is 606 g/mol. The summed E-state index contributed by atoms with van der Waals surface area (Å²) in [6.45, 7) is 0. The van der Waals surface area contributed by atoms with Crippen molar-refractivity contribution in [2.45, 2.75) is 56.3 Å². The molecule has 0 radical (unpaired) electrons. The molecule has 4 N–H and O–H groups in total. The van der Waals surface area contributed by atoms with E-state index in [0.29, 0.717) is 29.0 Å². The summed E-state index contributed by atoms with van der Waals surface area (Å²) < 4.78 is 28.3. The van der Waals surface area contributed by atoms with E-state index < -0.39 is 22.8 Å². The van der Waals surface area contributed by atoms with Crippen molar-refractivity contribution in [2.24, 2.45) is 17.0 Å². The Morgan fingerprint density at radius 1 is 1.17 bits per heavy atom. The Morgan fingerprint density at radius 2 is 1.95 bits per heavy atom. The molecule has 0 amide bonds. The number of hydrogen-bond donors (Lipinski definition) is 2. The maximum Gasteiger partial charge on any atom is 0.355 e. The summed E-state index contributed by atoms with van der Waals surface area (Å²) in [7, 11) is -2.29. The highest BCUT2D eigenvalue weighted by molar-refractivity contribution is 7.82. The normalized spacial score (nSPS) is 15.6. The van der Waals surface area contributed by atoms with Crippen molar-refractivity contribution in [1.82, 2.24) is 14.8 Å². The molecule has 2 aromatic carbocycles. The van der Waals surface area contributed by atoms with Crippen LogP contribution in [0.3, 0.4) is 0 Å². The van der Waals surface area contributed by atoms with Crippen molar-refractivity contribution >= 4 is 28.3 Å². The molecule has 1 atom stereocenters. The second-order valence-electron chi connectivity index (χ2n) is 10.8. The van der Waals surface area contributed by atoms with E-state index in [1.165, 1.54) is 41.7 Å². The Morgan fingerprint density at radius 3 is 2.62 bits per heavy atom. The van der Waals surface area contributed by atoms with Crippen molar-refractivity contribution in [3.05, 3.63) is 81.7 Å². The van der Waals surface area contributed by atoms with E-state index in [2.05, 4.69) is 16.8 Å². The van der Waals surface area contributed by atoms with Gasteiger partial charge in [0.1, 0.15) is 0 Å². The fourth-order valence-electron chi connectivity index (χ4n) is 5.37. The number of nitrogens with zero attached hydrogens (tertiary/aromatic N) is 3. The summed E-state index contributed by atoms with van der Waals surface area (Å²) in [5.41, 5.74) is 5.04. The standard InChI is InChI=1S/C31H29FN4O3S2.H2O/c32-25-16-22(12-13-28(25)41(33)39)15-24-27(17-21-10-11-21)36(31-34-26(18-40-31)30(37)38)35-29(24)23-7-3-6-20(14-23)9-8-19-4-1-2-5-19;/h3,6-7,12-14,16,18-19,21H,1-2,4-5,10-11,15,17H2,(H2,33,39)(H,37,38);1H2. The third-order valence-electron chi connectivity index (χ3n) is 7.70. The Kier molecular flexibility index (Phi) is 8.99. The van der Waals surface area contributed by atoms with Gasteiger partial charge in [0.25, 0.3) is 0 Å². The maximum absolute atomic E-state index is 14.8. The molecule has 2 aliphatic carbocycles. The van der Waals surface area contributed by atoms with E-state index in [1.54, 1.807) is 10.7 Å². The van der Waals surface area contributed by atoms with Crippen LogP contribution in [0.2, 0.25) is 0 Å². The number of benzene rings is 2. The number of rotatable bonds is 8. The van der Waals surface area contributed by atoms with Gasteiger partial charge in [0.05, 0.1) is 11.4 Å². The summed E-state index contributed by atoms with van der Waals surface area (Å²) >= 11 is 1.23. The molecule has 11 heteroatoms. The smallest absolute Gasteiger partial charge is 0.355 e. The first kappa shape index (κ1) is 29.8. The van der Waals surface area contributed by atoms with Crippen LogP contribution in [0.4, 0.5) is 4.39 Å². The lowest BCUT2D eigenvalue weighted by Gasteiger charge is -2.09. The van der Waals surface area contributed by atoms with Gasteiger partial charge in [0.15, 0.2) is 22.5 Å². The zero-order chi connectivity index (χ0) is 28.5. The molecular formula is C31H31FN4O4S2. The number of thiazole rings is 1. The molecule has 218 valence electrons. The third-order valence-corrected chi connectivity index (χ3v) is 9.36. The predicted octanol–water partition coefficient (Wildman–Crippen LogP) is 5.67. The van der Waals surface area contributed by atoms with Gasteiger partial charge in [0.2, 0.25) is 10.0 Å². The molecule has 2 aliphatic rings. The van der Waals surface area contributed by atoms with E-state index in [-0.39, 0.29) is 16.1 Å². The van der Waals surface area contributed by atoms with Crippen LogP contribution in [0.15, 0.2) is 52.7 Å². The zero-order valence-corrected chi connectivity index (χ0v) is 24.5. The molecule has 0 aliphatic heterocycles. The largest absolute Gasteiger partial charge is 0.870 e. The fourth-order valence-corrected chi connectivity index (χ4v) is 6.64. The minimum Gasteiger partial charge on any atom is -0.870 e. The lowest BCUT2D eigenvalue weighted by atomic mass is 9.96. The average Bonchev–Trinajstić information content (AvgIpc) is 3.31. The Bertz CT molecular complexity index is 1710. The number of carboxylic acids is 1. The minimum absolute atomic E-state index is 0. The number of carboxylic acid groups (broad SMARTS) is 1. The lowest BCUT2D eigenvalue weighted by molar-refractivity contribution is 0.0691. The van der Waals surface area contributed by atoms with Crippen LogP contribution >= 0.6 is 11.3 Å². The Labute approximate surface area is 249 Å². The van der Waals surface area contributed by atoms with E-state index in [9.17, 15) is 18.5 Å². The number of carbonyl (C=O) groups is 1. The van der Waals surface area contributed by atoms with Crippen molar-refractivity contribution < 1.29 is 24.0 Å². The van der Waals surface area contributed by atoms with E-state index >= 15 is 0 Å². The number of aromatic carboxylic acids is 1. The maximum atomic E-state index is 14.8. The second kappa shape index (κ2) is 12.7. The van der Waals surface area contributed by atoms with Gasteiger partial charge in [-0.15, -0.1) is 16.5 Å². The molecule has 2 heterocycles. The highest BCUT2D eigenvalue weighted by Crippen LogP contribution is 2.38. The van der Waals surface area contributed by atoms with E-state index in [4.69, 9.17) is 10.2 Å². The molecular weight excluding hydrogens is 575 g/mol. The van der Waals surface area contributed by atoms with Crippen molar-refractivity contribution in [3.8, 4) is 28.2 Å². The molecule has 0 spiro atoms. The quantitative estimate of drug-likeness (QED) is 0.150. The predicted molar refractivity (Wildman–Crippen MR) is 160 cm³/mol. The van der Waals surface area contributed by atoms with Crippen LogP contribution in [0.1, 0.15) is 71.4 Å².